The van der Waals surface area contributed by atoms with Crippen molar-refractivity contribution in [2.75, 3.05) is 26.9 Å². The first-order valence-corrected chi connectivity index (χ1v) is 6.79. The lowest BCUT2D eigenvalue weighted by molar-refractivity contribution is 0.0662. The second-order valence-electron chi connectivity index (χ2n) is 4.61. The fourth-order valence-electron chi connectivity index (χ4n) is 2.25. The number of ether oxygens (including phenoxy) is 2. The molecule has 0 radical (unpaired) electrons. The lowest BCUT2D eigenvalue weighted by Gasteiger charge is -2.22. The summed E-state index contributed by atoms with van der Waals surface area (Å²) in [6.45, 7) is 3.54. The van der Waals surface area contributed by atoms with Crippen molar-refractivity contribution >= 4 is 11.6 Å². The minimum atomic E-state index is 0.715. The Morgan fingerprint density at radius 1 is 1.39 bits per heavy atom. The first-order valence-electron chi connectivity index (χ1n) is 6.41. The lowest BCUT2D eigenvalue weighted by Crippen LogP contribution is -2.27. The Morgan fingerprint density at radius 2 is 2.17 bits per heavy atom. The molecule has 18 heavy (non-hydrogen) atoms. The van der Waals surface area contributed by atoms with E-state index in [1.165, 1.54) is 0 Å². The Morgan fingerprint density at radius 3 is 2.89 bits per heavy atom. The van der Waals surface area contributed by atoms with Crippen LogP contribution in [0.3, 0.4) is 0 Å². The predicted molar refractivity (Wildman–Crippen MR) is 73.3 cm³/mol. The van der Waals surface area contributed by atoms with Crippen LogP contribution in [-0.4, -0.2) is 26.9 Å². The number of rotatable bonds is 5. The molecule has 1 aliphatic rings. The van der Waals surface area contributed by atoms with Gasteiger partial charge in [0.2, 0.25) is 0 Å². The summed E-state index contributed by atoms with van der Waals surface area (Å²) in [4.78, 5) is 0. The van der Waals surface area contributed by atoms with Gasteiger partial charge in [-0.1, -0.05) is 17.7 Å². The molecule has 0 atom stereocenters. The Labute approximate surface area is 113 Å². The summed E-state index contributed by atoms with van der Waals surface area (Å²) in [6.07, 6.45) is 2.29. The zero-order valence-electron chi connectivity index (χ0n) is 10.7. The second kappa shape index (κ2) is 6.98. The summed E-state index contributed by atoms with van der Waals surface area (Å²) < 4.78 is 10.7. The third kappa shape index (κ3) is 3.61. The zero-order valence-corrected chi connectivity index (χ0v) is 11.5. The van der Waals surface area contributed by atoms with Crippen molar-refractivity contribution in [1.82, 2.24) is 5.32 Å². The topological polar surface area (TPSA) is 30.5 Å². The van der Waals surface area contributed by atoms with Gasteiger partial charge in [0.1, 0.15) is 5.75 Å². The van der Waals surface area contributed by atoms with E-state index in [0.29, 0.717) is 5.92 Å². The maximum atomic E-state index is 6.19. The van der Waals surface area contributed by atoms with Crippen LogP contribution in [0.4, 0.5) is 0 Å². The quantitative estimate of drug-likeness (QED) is 0.892. The van der Waals surface area contributed by atoms with Gasteiger partial charge >= 0.3 is 0 Å². The molecule has 1 N–H and O–H groups in total. The molecule has 0 aliphatic carbocycles. The number of methoxy groups -OCH3 is 1. The lowest BCUT2D eigenvalue weighted by atomic mass is 10.0. The van der Waals surface area contributed by atoms with E-state index >= 15 is 0 Å². The molecule has 1 fully saturated rings. The van der Waals surface area contributed by atoms with Crippen molar-refractivity contribution in [2.45, 2.75) is 19.4 Å². The average Bonchev–Trinajstić information content (AvgIpc) is 2.41. The van der Waals surface area contributed by atoms with Crippen molar-refractivity contribution in [2.24, 2.45) is 5.92 Å². The fourth-order valence-corrected chi connectivity index (χ4v) is 2.49. The standard InChI is InChI=1S/C14H20ClNO2/c1-17-14-4-2-3-13(15)12(14)10-16-9-11-5-7-18-8-6-11/h2-4,11,16H,5-10H2,1H3. The summed E-state index contributed by atoms with van der Waals surface area (Å²) in [5.41, 5.74) is 1.04. The second-order valence-corrected chi connectivity index (χ2v) is 5.01. The summed E-state index contributed by atoms with van der Waals surface area (Å²) >= 11 is 6.19. The predicted octanol–water partition coefficient (Wildman–Crippen LogP) is 2.86. The Balaban J connectivity index is 1.85. The van der Waals surface area contributed by atoms with Gasteiger partial charge in [0.05, 0.1) is 7.11 Å². The molecule has 1 aliphatic heterocycles. The fraction of sp³-hybridized carbons (Fsp3) is 0.571. The van der Waals surface area contributed by atoms with Crippen LogP contribution in [0.5, 0.6) is 5.75 Å². The van der Waals surface area contributed by atoms with Gasteiger partial charge in [-0.3, -0.25) is 0 Å². The van der Waals surface area contributed by atoms with E-state index in [0.717, 1.165) is 55.5 Å². The number of halogens is 1. The van der Waals surface area contributed by atoms with Gasteiger partial charge in [-0.15, -0.1) is 0 Å². The largest absolute Gasteiger partial charge is 0.496 e. The molecule has 0 saturated carbocycles. The van der Waals surface area contributed by atoms with Gasteiger partial charge in [-0.05, 0) is 37.4 Å². The molecule has 1 saturated heterocycles. The Kier molecular flexibility index (Phi) is 5.29. The van der Waals surface area contributed by atoms with Crippen molar-refractivity contribution in [3.8, 4) is 5.75 Å². The van der Waals surface area contributed by atoms with Crippen LogP contribution < -0.4 is 10.1 Å². The highest BCUT2D eigenvalue weighted by molar-refractivity contribution is 6.31. The highest BCUT2D eigenvalue weighted by atomic mass is 35.5. The maximum Gasteiger partial charge on any atom is 0.124 e. The Bertz CT molecular complexity index is 378. The van der Waals surface area contributed by atoms with Crippen LogP contribution in [0.25, 0.3) is 0 Å². The van der Waals surface area contributed by atoms with Crippen molar-refractivity contribution in [3.63, 3.8) is 0 Å². The average molecular weight is 270 g/mol. The molecule has 0 aromatic heterocycles. The van der Waals surface area contributed by atoms with Gasteiger partial charge in [0, 0.05) is 30.3 Å². The van der Waals surface area contributed by atoms with Gasteiger partial charge in [0.25, 0.3) is 0 Å². The molecule has 1 heterocycles. The molecule has 100 valence electrons. The SMILES string of the molecule is COc1cccc(Cl)c1CNCC1CCOCC1. The molecule has 0 unspecified atom stereocenters. The van der Waals surface area contributed by atoms with E-state index in [9.17, 15) is 0 Å². The summed E-state index contributed by atoms with van der Waals surface area (Å²) in [5.74, 6) is 1.56. The number of hydrogen-bond donors (Lipinski definition) is 1. The first-order chi connectivity index (χ1) is 8.81. The van der Waals surface area contributed by atoms with Gasteiger partial charge in [-0.2, -0.15) is 0 Å². The summed E-state index contributed by atoms with van der Waals surface area (Å²) in [7, 11) is 1.67. The van der Waals surface area contributed by atoms with Crippen LogP contribution in [0, 0.1) is 5.92 Å². The number of benzene rings is 1. The van der Waals surface area contributed by atoms with Crippen LogP contribution in [-0.2, 0) is 11.3 Å². The molecule has 4 heteroatoms. The zero-order chi connectivity index (χ0) is 12.8. The van der Waals surface area contributed by atoms with E-state index < -0.39 is 0 Å². The molecule has 0 amide bonds. The molecule has 0 spiro atoms. The van der Waals surface area contributed by atoms with E-state index in [2.05, 4.69) is 5.32 Å². The van der Waals surface area contributed by atoms with Gasteiger partial charge in [-0.25, -0.2) is 0 Å². The van der Waals surface area contributed by atoms with Crippen LogP contribution >= 0.6 is 11.6 Å². The minimum Gasteiger partial charge on any atom is -0.496 e. The molecule has 3 nitrogen and oxygen atoms in total. The molecule has 1 aromatic rings. The van der Waals surface area contributed by atoms with Crippen LogP contribution in [0.2, 0.25) is 5.02 Å². The molecular formula is C14H20ClNO2. The Hall–Kier alpha value is -0.770. The minimum absolute atomic E-state index is 0.715. The van der Waals surface area contributed by atoms with Crippen molar-refractivity contribution in [1.29, 1.82) is 0 Å². The molecule has 2 rings (SSSR count). The van der Waals surface area contributed by atoms with Gasteiger partial charge < -0.3 is 14.8 Å². The van der Waals surface area contributed by atoms with Crippen LogP contribution in [0.15, 0.2) is 18.2 Å². The monoisotopic (exact) mass is 269 g/mol. The smallest absolute Gasteiger partial charge is 0.124 e. The maximum absolute atomic E-state index is 6.19. The normalized spacial score (nSPS) is 16.8. The summed E-state index contributed by atoms with van der Waals surface area (Å²) in [6, 6.07) is 5.75. The first kappa shape index (κ1) is 13.7. The van der Waals surface area contributed by atoms with E-state index in [1.807, 2.05) is 18.2 Å². The highest BCUT2D eigenvalue weighted by Gasteiger charge is 2.14. The number of hydrogen-bond acceptors (Lipinski definition) is 3. The van der Waals surface area contributed by atoms with Crippen LogP contribution in [0.1, 0.15) is 18.4 Å². The van der Waals surface area contributed by atoms with E-state index in [-0.39, 0.29) is 0 Å². The van der Waals surface area contributed by atoms with Crippen molar-refractivity contribution in [3.05, 3.63) is 28.8 Å². The molecular weight excluding hydrogens is 250 g/mol. The third-order valence-corrected chi connectivity index (χ3v) is 3.73. The van der Waals surface area contributed by atoms with Gasteiger partial charge in [0.15, 0.2) is 0 Å². The van der Waals surface area contributed by atoms with E-state index in [1.54, 1.807) is 7.11 Å². The van der Waals surface area contributed by atoms with Crippen molar-refractivity contribution < 1.29 is 9.47 Å². The molecule has 1 aromatic carbocycles. The molecule has 0 bridgehead atoms. The van der Waals surface area contributed by atoms with E-state index in [4.69, 9.17) is 21.1 Å². The summed E-state index contributed by atoms with van der Waals surface area (Å²) in [5, 5.41) is 4.23. The third-order valence-electron chi connectivity index (χ3n) is 3.37. The number of nitrogens with one attached hydrogen (secondary N) is 1. The highest BCUT2D eigenvalue weighted by Crippen LogP contribution is 2.26.